The highest BCUT2D eigenvalue weighted by Gasteiger charge is 2.16. The molecule has 3 nitrogen and oxygen atoms in total. The fourth-order valence-electron chi connectivity index (χ4n) is 1.91. The molecule has 4 heteroatoms. The lowest BCUT2D eigenvalue weighted by atomic mass is 10.1. The van der Waals surface area contributed by atoms with Crippen molar-refractivity contribution in [3.63, 3.8) is 0 Å². The Hall–Kier alpha value is -1.03. The molecule has 1 amide bonds. The third kappa shape index (κ3) is 3.73. The number of likely N-dealkylation sites (tertiary alicyclic amines) is 1. The Morgan fingerprint density at radius 1 is 1.35 bits per heavy atom. The van der Waals surface area contributed by atoms with Gasteiger partial charge in [-0.3, -0.25) is 4.79 Å². The number of piperidine rings is 1. The quantitative estimate of drug-likeness (QED) is 0.773. The molecule has 0 N–H and O–H groups in total. The van der Waals surface area contributed by atoms with Gasteiger partial charge in [-0.25, -0.2) is 4.98 Å². The second-order valence-electron chi connectivity index (χ2n) is 4.40. The number of pyridine rings is 1. The molecule has 0 aliphatic carbocycles. The third-order valence-electron chi connectivity index (χ3n) is 2.94. The first-order valence-electron chi connectivity index (χ1n) is 6.09. The number of carbonyl (C=O) groups excluding carboxylic acids is 1. The summed E-state index contributed by atoms with van der Waals surface area (Å²) in [4.78, 5) is 18.2. The molecule has 0 bridgehead atoms. The number of amides is 1. The maximum Gasteiger partial charge on any atom is 0.232 e. The summed E-state index contributed by atoms with van der Waals surface area (Å²) >= 11 is 1.53. The topological polar surface area (TPSA) is 33.2 Å². The van der Waals surface area contributed by atoms with Crippen LogP contribution in [0.5, 0.6) is 0 Å². The molecule has 0 radical (unpaired) electrons. The van der Waals surface area contributed by atoms with E-state index >= 15 is 0 Å². The van der Waals surface area contributed by atoms with Crippen LogP contribution in [0, 0.1) is 6.92 Å². The van der Waals surface area contributed by atoms with Crippen molar-refractivity contribution in [1.82, 2.24) is 9.88 Å². The summed E-state index contributed by atoms with van der Waals surface area (Å²) in [5.74, 6) is 0.757. The summed E-state index contributed by atoms with van der Waals surface area (Å²) in [5, 5.41) is 0.931. The Labute approximate surface area is 107 Å². The fraction of sp³-hybridized carbons (Fsp3) is 0.538. The Morgan fingerprint density at radius 2 is 2.12 bits per heavy atom. The van der Waals surface area contributed by atoms with Gasteiger partial charge in [0, 0.05) is 19.3 Å². The number of aromatic nitrogens is 1. The minimum Gasteiger partial charge on any atom is -0.342 e. The highest BCUT2D eigenvalue weighted by atomic mass is 32.2. The van der Waals surface area contributed by atoms with Crippen LogP contribution in [-0.4, -0.2) is 34.6 Å². The van der Waals surface area contributed by atoms with Crippen LogP contribution in [0.1, 0.15) is 24.8 Å². The lowest BCUT2D eigenvalue weighted by Gasteiger charge is -2.26. The van der Waals surface area contributed by atoms with Crippen LogP contribution in [0.3, 0.4) is 0 Å². The Kier molecular flexibility index (Phi) is 4.42. The van der Waals surface area contributed by atoms with E-state index in [1.165, 1.54) is 18.2 Å². The molecular weight excluding hydrogens is 232 g/mol. The second-order valence-corrected chi connectivity index (χ2v) is 5.40. The monoisotopic (exact) mass is 250 g/mol. The van der Waals surface area contributed by atoms with Crippen LogP contribution in [0.2, 0.25) is 0 Å². The van der Waals surface area contributed by atoms with Crippen LogP contribution in [-0.2, 0) is 4.79 Å². The fourth-order valence-corrected chi connectivity index (χ4v) is 2.66. The number of carbonyl (C=O) groups is 1. The van der Waals surface area contributed by atoms with E-state index in [2.05, 4.69) is 4.98 Å². The highest BCUT2D eigenvalue weighted by Crippen LogP contribution is 2.17. The normalized spacial score (nSPS) is 15.9. The average molecular weight is 250 g/mol. The van der Waals surface area contributed by atoms with Crippen molar-refractivity contribution >= 4 is 17.7 Å². The zero-order valence-corrected chi connectivity index (χ0v) is 11.0. The summed E-state index contributed by atoms with van der Waals surface area (Å²) in [6.45, 7) is 3.88. The minimum absolute atomic E-state index is 0.247. The van der Waals surface area contributed by atoms with E-state index in [1.807, 2.05) is 30.2 Å². The van der Waals surface area contributed by atoms with Crippen molar-refractivity contribution in [2.45, 2.75) is 31.2 Å². The maximum atomic E-state index is 11.9. The summed E-state index contributed by atoms with van der Waals surface area (Å²) in [7, 11) is 0. The van der Waals surface area contributed by atoms with E-state index in [9.17, 15) is 4.79 Å². The molecule has 1 saturated heterocycles. The molecule has 0 atom stereocenters. The number of nitrogens with zero attached hydrogens (tertiary/aromatic N) is 2. The molecule has 2 heterocycles. The van der Waals surface area contributed by atoms with Crippen LogP contribution < -0.4 is 0 Å². The van der Waals surface area contributed by atoms with E-state index in [0.717, 1.165) is 36.5 Å². The molecule has 0 unspecified atom stereocenters. The molecule has 0 spiro atoms. The summed E-state index contributed by atoms with van der Waals surface area (Å²) in [5.41, 5.74) is 1.15. The molecule has 2 rings (SSSR count). The zero-order chi connectivity index (χ0) is 12.1. The third-order valence-corrected chi connectivity index (χ3v) is 3.87. The SMILES string of the molecule is Cc1ccc(SCC(=O)N2CCCCC2)nc1. The van der Waals surface area contributed by atoms with Gasteiger partial charge < -0.3 is 4.90 Å². The molecule has 1 fully saturated rings. The highest BCUT2D eigenvalue weighted by molar-refractivity contribution is 7.99. The molecule has 1 aromatic heterocycles. The van der Waals surface area contributed by atoms with Gasteiger partial charge in [-0.2, -0.15) is 0 Å². The predicted octanol–water partition coefficient (Wildman–Crippen LogP) is 2.49. The maximum absolute atomic E-state index is 11.9. The van der Waals surface area contributed by atoms with Gasteiger partial charge in [0.05, 0.1) is 10.8 Å². The van der Waals surface area contributed by atoms with Crippen LogP contribution in [0.25, 0.3) is 0 Å². The van der Waals surface area contributed by atoms with Crippen LogP contribution in [0.4, 0.5) is 0 Å². The van der Waals surface area contributed by atoms with E-state index < -0.39 is 0 Å². The lowest BCUT2D eigenvalue weighted by molar-refractivity contribution is -0.129. The van der Waals surface area contributed by atoms with Crippen molar-refractivity contribution in [2.24, 2.45) is 0 Å². The van der Waals surface area contributed by atoms with Crippen molar-refractivity contribution in [1.29, 1.82) is 0 Å². The van der Waals surface area contributed by atoms with Crippen LogP contribution >= 0.6 is 11.8 Å². The predicted molar refractivity (Wildman–Crippen MR) is 70.1 cm³/mol. The van der Waals surface area contributed by atoms with Crippen molar-refractivity contribution in [3.05, 3.63) is 23.9 Å². The number of rotatable bonds is 3. The average Bonchev–Trinajstić information content (AvgIpc) is 2.39. The Morgan fingerprint density at radius 3 is 2.76 bits per heavy atom. The first-order chi connectivity index (χ1) is 8.25. The van der Waals surface area contributed by atoms with Gasteiger partial charge in [0.1, 0.15) is 0 Å². The molecular formula is C13H18N2OS. The number of hydrogen-bond donors (Lipinski definition) is 0. The van der Waals surface area contributed by atoms with E-state index in [0.29, 0.717) is 5.75 Å². The molecule has 92 valence electrons. The van der Waals surface area contributed by atoms with Gasteiger partial charge in [-0.15, -0.1) is 0 Å². The van der Waals surface area contributed by atoms with Crippen LogP contribution in [0.15, 0.2) is 23.4 Å². The van der Waals surface area contributed by atoms with Gasteiger partial charge in [0.25, 0.3) is 0 Å². The lowest BCUT2D eigenvalue weighted by Crippen LogP contribution is -2.36. The molecule has 0 aromatic carbocycles. The molecule has 17 heavy (non-hydrogen) atoms. The Balaban J connectivity index is 1.81. The van der Waals surface area contributed by atoms with E-state index in [1.54, 1.807) is 0 Å². The van der Waals surface area contributed by atoms with Gasteiger partial charge in [0.2, 0.25) is 5.91 Å². The first kappa shape index (κ1) is 12.4. The Bertz CT molecular complexity index is 372. The largest absolute Gasteiger partial charge is 0.342 e. The number of aryl methyl sites for hydroxylation is 1. The van der Waals surface area contributed by atoms with Crippen molar-refractivity contribution in [2.75, 3.05) is 18.8 Å². The number of thioether (sulfide) groups is 1. The smallest absolute Gasteiger partial charge is 0.232 e. The zero-order valence-electron chi connectivity index (χ0n) is 10.2. The standard InChI is InChI=1S/C13H18N2OS/c1-11-5-6-12(14-9-11)17-10-13(16)15-7-3-2-4-8-15/h5-6,9H,2-4,7-8,10H2,1H3. The van der Waals surface area contributed by atoms with Crippen molar-refractivity contribution < 1.29 is 4.79 Å². The van der Waals surface area contributed by atoms with Gasteiger partial charge in [-0.05, 0) is 37.8 Å². The summed E-state index contributed by atoms with van der Waals surface area (Å²) in [6, 6.07) is 4.00. The van der Waals surface area contributed by atoms with E-state index in [-0.39, 0.29) is 5.91 Å². The van der Waals surface area contributed by atoms with Gasteiger partial charge in [-0.1, -0.05) is 17.8 Å². The number of hydrogen-bond acceptors (Lipinski definition) is 3. The van der Waals surface area contributed by atoms with Gasteiger partial charge >= 0.3 is 0 Å². The van der Waals surface area contributed by atoms with Gasteiger partial charge in [0.15, 0.2) is 0 Å². The van der Waals surface area contributed by atoms with E-state index in [4.69, 9.17) is 0 Å². The minimum atomic E-state index is 0.247. The molecule has 1 aliphatic rings. The summed E-state index contributed by atoms with van der Waals surface area (Å²) in [6.07, 6.45) is 5.41. The second kappa shape index (κ2) is 6.05. The molecule has 1 aliphatic heterocycles. The summed E-state index contributed by atoms with van der Waals surface area (Å²) < 4.78 is 0. The first-order valence-corrected chi connectivity index (χ1v) is 7.07. The molecule has 1 aromatic rings. The molecule has 0 saturated carbocycles. The van der Waals surface area contributed by atoms with Crippen molar-refractivity contribution in [3.8, 4) is 0 Å².